The predicted molar refractivity (Wildman–Crippen MR) is 347 cm³/mol. The Labute approximate surface area is 494 Å². The lowest BCUT2D eigenvalue weighted by molar-refractivity contribution is -0.571. The van der Waals surface area contributed by atoms with E-state index >= 15 is 0 Å². The summed E-state index contributed by atoms with van der Waals surface area (Å²) in [6, 6.07) is 98.6. The van der Waals surface area contributed by atoms with Crippen LogP contribution in [0.2, 0.25) is 0 Å². The van der Waals surface area contributed by atoms with Gasteiger partial charge in [0.25, 0.3) is 13.0 Å². The highest BCUT2D eigenvalue weighted by atomic mass is 16.5. The average Bonchev–Trinajstić information content (AvgIpc) is 1.23. The topological polar surface area (TPSA) is 35.4 Å². The number of para-hydroxylation sites is 5. The van der Waals surface area contributed by atoms with Crippen LogP contribution in [-0.4, -0.2) is 15.8 Å². The number of benzene rings is 12. The lowest BCUT2D eigenvalue weighted by Crippen LogP contribution is -2.64. The summed E-state index contributed by atoms with van der Waals surface area (Å²) in [6.07, 6.45) is 4.06. The molecule has 0 radical (unpaired) electrons. The van der Waals surface area contributed by atoms with Crippen LogP contribution < -0.4 is 35.3 Å². The SMILES string of the molecule is CC(C)(C)c1cccc(-n2c3ccccc3c3ccc(Oc4cc(-n5[c-][n+](-c6c(-c7ccccc7)cccc6-c6ccccc6)c6ccccc65)c5c6c4C(c4ccccc4)c4cccc7c4B6c4c(cccc4N7c4ccccc4)O5)cc32)c1. The zero-order chi connectivity index (χ0) is 56.5. The molecule has 0 spiro atoms. The lowest BCUT2D eigenvalue weighted by atomic mass is 9.30. The zero-order valence-electron chi connectivity index (χ0n) is 47.2. The number of hydrogen-bond donors (Lipinski definition) is 0. The number of anilines is 3. The number of ether oxygens (including phenoxy) is 2. The number of aromatic nitrogens is 3. The molecule has 7 heteroatoms. The molecule has 3 aliphatic rings. The molecule has 5 heterocycles. The molecule has 0 amide bonds. The van der Waals surface area contributed by atoms with Crippen LogP contribution in [0.1, 0.15) is 48.9 Å². The van der Waals surface area contributed by atoms with Crippen LogP contribution in [-0.2, 0) is 5.41 Å². The molecule has 0 bridgehead atoms. The first-order chi connectivity index (χ1) is 41.8. The van der Waals surface area contributed by atoms with E-state index in [1.54, 1.807) is 0 Å². The summed E-state index contributed by atoms with van der Waals surface area (Å²) in [4.78, 5) is 2.44. The molecular weight excluding hydrogens is 1040 g/mol. The van der Waals surface area contributed by atoms with Gasteiger partial charge in [0.2, 0.25) is 0 Å². The summed E-state index contributed by atoms with van der Waals surface area (Å²) in [7, 11) is 0. The summed E-state index contributed by atoms with van der Waals surface area (Å²) < 4.78 is 22.4. The van der Waals surface area contributed by atoms with Gasteiger partial charge in [-0.05, 0) is 127 Å². The molecule has 6 nitrogen and oxygen atoms in total. The monoisotopic (exact) mass is 1090 g/mol. The summed E-state index contributed by atoms with van der Waals surface area (Å²) in [5.74, 6) is 2.85. The first kappa shape index (κ1) is 49.0. The largest absolute Gasteiger partial charge is 0.462 e. The van der Waals surface area contributed by atoms with Crippen LogP contribution >= 0.6 is 0 Å². The zero-order valence-corrected chi connectivity index (χ0v) is 47.2. The molecule has 85 heavy (non-hydrogen) atoms. The van der Waals surface area contributed by atoms with Crippen LogP contribution in [0.15, 0.2) is 273 Å². The molecule has 14 aromatic rings. The minimum Gasteiger partial charge on any atom is -0.462 e. The Morgan fingerprint density at radius 1 is 0.494 bits per heavy atom. The molecule has 402 valence electrons. The second-order valence-corrected chi connectivity index (χ2v) is 23.7. The minimum atomic E-state index is -0.241. The van der Waals surface area contributed by atoms with E-state index in [1.807, 2.05) is 0 Å². The van der Waals surface area contributed by atoms with E-state index in [0.717, 1.165) is 123 Å². The highest BCUT2D eigenvalue weighted by Gasteiger charge is 2.50. The van der Waals surface area contributed by atoms with Crippen molar-refractivity contribution in [3.8, 4) is 62.3 Å². The summed E-state index contributed by atoms with van der Waals surface area (Å²) in [5.41, 5.74) is 23.1. The number of nitrogens with zero attached hydrogens (tertiary/aromatic N) is 4. The standard InChI is InChI=1S/C78H55BN4O2/c1-78(2,3)53-30-20-33-55(46-53)83-62-38-17-16-34-59(62)60-45-44-56(47-67(60)83)84-70-48-68(80-49-81(64-40-19-18-39-63(64)80)76-57(50-24-8-4-9-25-50)35-21-36-58(76)51-26-10-5-11-27-51)77-75-72(70)71(52-28-12-6-13-29-52)61-37-22-41-65-73(61)79(75)74-66(42-23-43-69(74)85-77)82(65)54-31-14-7-15-32-54/h4-48,71H,1-3H3. The normalized spacial score (nSPS) is 13.8. The molecule has 0 saturated heterocycles. The second-order valence-electron chi connectivity index (χ2n) is 23.7. The third-order valence-corrected chi connectivity index (χ3v) is 17.8. The van der Waals surface area contributed by atoms with Crippen molar-refractivity contribution in [2.45, 2.75) is 32.1 Å². The molecule has 0 N–H and O–H groups in total. The van der Waals surface area contributed by atoms with E-state index in [-0.39, 0.29) is 18.0 Å². The van der Waals surface area contributed by atoms with Crippen molar-refractivity contribution in [3.05, 3.63) is 302 Å². The van der Waals surface area contributed by atoms with E-state index < -0.39 is 0 Å². The van der Waals surface area contributed by atoms with Crippen molar-refractivity contribution >= 4 is 73.0 Å². The molecule has 0 fully saturated rings. The maximum Gasteiger partial charge on any atom is 0.270 e. The van der Waals surface area contributed by atoms with Crippen molar-refractivity contribution in [2.24, 2.45) is 0 Å². The average molecular weight is 1090 g/mol. The smallest absolute Gasteiger partial charge is 0.270 e. The third kappa shape index (κ3) is 7.56. The van der Waals surface area contributed by atoms with E-state index in [0.29, 0.717) is 0 Å². The van der Waals surface area contributed by atoms with E-state index in [1.165, 1.54) is 27.5 Å². The number of hydrogen-bond acceptors (Lipinski definition) is 3. The second kappa shape index (κ2) is 19.0. The van der Waals surface area contributed by atoms with Gasteiger partial charge >= 0.3 is 0 Å². The quantitative estimate of drug-likeness (QED) is 0.0821. The van der Waals surface area contributed by atoms with Gasteiger partial charge in [-0.15, -0.1) is 0 Å². The molecule has 1 unspecified atom stereocenters. The van der Waals surface area contributed by atoms with Gasteiger partial charge in [0.1, 0.15) is 28.7 Å². The Balaban J connectivity index is 0.969. The first-order valence-electron chi connectivity index (χ1n) is 29.4. The van der Waals surface area contributed by atoms with Crippen molar-refractivity contribution in [3.63, 3.8) is 0 Å². The lowest BCUT2D eigenvalue weighted by Gasteiger charge is -2.46. The Bertz CT molecular complexity index is 4950. The first-order valence-corrected chi connectivity index (χ1v) is 29.4. The Kier molecular flexibility index (Phi) is 10.9. The van der Waals surface area contributed by atoms with Crippen LogP contribution in [0.4, 0.5) is 17.1 Å². The number of rotatable bonds is 9. The van der Waals surface area contributed by atoms with E-state index in [9.17, 15) is 0 Å². The van der Waals surface area contributed by atoms with Gasteiger partial charge in [-0.3, -0.25) is 9.13 Å². The van der Waals surface area contributed by atoms with Crippen molar-refractivity contribution in [1.82, 2.24) is 9.13 Å². The van der Waals surface area contributed by atoms with E-state index in [4.69, 9.17) is 9.47 Å². The van der Waals surface area contributed by atoms with Crippen LogP contribution in [0, 0.1) is 6.33 Å². The third-order valence-electron chi connectivity index (χ3n) is 17.8. The fourth-order valence-corrected chi connectivity index (χ4v) is 14.1. The van der Waals surface area contributed by atoms with Crippen LogP contribution in [0.3, 0.4) is 0 Å². The molecule has 3 aliphatic heterocycles. The van der Waals surface area contributed by atoms with Gasteiger partial charge in [0, 0.05) is 51.1 Å². The van der Waals surface area contributed by atoms with Gasteiger partial charge in [0.15, 0.2) is 0 Å². The molecule has 12 aromatic carbocycles. The predicted octanol–water partition coefficient (Wildman–Crippen LogP) is 17.1. The molecule has 2 aromatic heterocycles. The van der Waals surface area contributed by atoms with Crippen molar-refractivity contribution in [2.75, 3.05) is 4.90 Å². The number of fused-ring (bicyclic) bond motifs is 4. The molecular formula is C78H55BN4O2. The molecule has 17 rings (SSSR count). The van der Waals surface area contributed by atoms with Crippen molar-refractivity contribution in [1.29, 1.82) is 0 Å². The van der Waals surface area contributed by atoms with Gasteiger partial charge in [-0.2, -0.15) is 0 Å². The highest BCUT2D eigenvalue weighted by molar-refractivity contribution is 7.00. The summed E-state index contributed by atoms with van der Waals surface area (Å²) in [6.45, 7) is 6.63. The Morgan fingerprint density at radius 2 is 1.11 bits per heavy atom. The molecule has 1 atom stereocenters. The number of imidazole rings is 1. The highest BCUT2D eigenvalue weighted by Crippen LogP contribution is 2.52. The fraction of sp³-hybridized carbons (Fsp3) is 0.0641. The van der Waals surface area contributed by atoms with Gasteiger partial charge in [-0.1, -0.05) is 221 Å². The van der Waals surface area contributed by atoms with Crippen LogP contribution in [0.25, 0.3) is 72.2 Å². The maximum atomic E-state index is 7.82. The molecule has 0 saturated carbocycles. The van der Waals surface area contributed by atoms with Gasteiger partial charge in [-0.25, -0.2) is 0 Å². The minimum absolute atomic E-state index is 0.0381. The molecule has 0 aliphatic carbocycles. The maximum absolute atomic E-state index is 7.82. The van der Waals surface area contributed by atoms with Gasteiger partial charge in [0.05, 0.1) is 27.8 Å². The summed E-state index contributed by atoms with van der Waals surface area (Å²) >= 11 is 0. The van der Waals surface area contributed by atoms with E-state index in [2.05, 4.69) is 319 Å². The summed E-state index contributed by atoms with van der Waals surface area (Å²) in [5, 5.41) is 2.35. The van der Waals surface area contributed by atoms with Crippen molar-refractivity contribution < 1.29 is 14.0 Å². The van der Waals surface area contributed by atoms with Gasteiger partial charge < -0.3 is 18.9 Å². The Hall–Kier alpha value is -10.6. The Morgan fingerprint density at radius 3 is 1.85 bits per heavy atom. The van der Waals surface area contributed by atoms with Crippen LogP contribution in [0.5, 0.6) is 23.0 Å². The fourth-order valence-electron chi connectivity index (χ4n) is 14.1.